The van der Waals surface area contributed by atoms with E-state index in [9.17, 15) is 0 Å². The second kappa shape index (κ2) is 9.25. The predicted octanol–water partition coefficient (Wildman–Crippen LogP) is 5.57. The maximum Gasteiger partial charge on any atom is 0.361 e. The normalized spacial score (nSPS) is 10.7. The fourth-order valence-corrected chi connectivity index (χ4v) is 2.79. The molecule has 29 heavy (non-hydrogen) atoms. The standard InChI is InChI=1S/C23H17O.H2O4S/c1-4-10-18(11-5-1)21-16-22(19-12-6-2-7-13-19)24-23(17-21)20-14-8-3-9-15-20;1-5(2,3)4/h1-17H;(H2,1,2,3,4)/q+1;/p-1. The van der Waals surface area contributed by atoms with Gasteiger partial charge in [-0.25, -0.2) is 12.8 Å². The van der Waals surface area contributed by atoms with E-state index in [0.29, 0.717) is 0 Å². The summed E-state index contributed by atoms with van der Waals surface area (Å²) < 4.78 is 39.0. The van der Waals surface area contributed by atoms with Crippen LogP contribution in [-0.4, -0.2) is 17.5 Å². The van der Waals surface area contributed by atoms with Crippen LogP contribution in [0.2, 0.25) is 0 Å². The molecule has 5 nitrogen and oxygen atoms in total. The van der Waals surface area contributed by atoms with Crippen molar-refractivity contribution < 1.29 is 21.9 Å². The molecule has 0 atom stereocenters. The van der Waals surface area contributed by atoms with Crippen molar-refractivity contribution in [2.24, 2.45) is 0 Å². The Morgan fingerprint density at radius 2 is 0.897 bits per heavy atom. The Kier molecular flexibility index (Phi) is 6.51. The summed E-state index contributed by atoms with van der Waals surface area (Å²) in [6.07, 6.45) is 0. The first-order valence-electron chi connectivity index (χ1n) is 8.73. The van der Waals surface area contributed by atoms with Gasteiger partial charge in [-0.1, -0.05) is 66.7 Å². The maximum absolute atomic E-state index is 8.63. The Balaban J connectivity index is 0.000000431. The largest absolute Gasteiger partial charge is 0.726 e. The molecule has 1 heterocycles. The summed E-state index contributed by atoms with van der Waals surface area (Å²) in [5, 5.41) is 0. The summed E-state index contributed by atoms with van der Waals surface area (Å²) in [7, 11) is -4.92. The number of hydrogen-bond donors (Lipinski definition) is 1. The van der Waals surface area contributed by atoms with Crippen molar-refractivity contribution >= 4 is 10.4 Å². The molecule has 0 spiro atoms. The van der Waals surface area contributed by atoms with E-state index in [1.807, 2.05) is 42.5 Å². The molecule has 0 amide bonds. The van der Waals surface area contributed by atoms with Crippen LogP contribution in [-0.2, 0) is 10.4 Å². The molecule has 4 aromatic rings. The quantitative estimate of drug-likeness (QED) is 0.273. The van der Waals surface area contributed by atoms with Gasteiger partial charge in [-0.05, 0) is 29.8 Å². The number of benzene rings is 3. The molecule has 0 fully saturated rings. The smallest absolute Gasteiger partial charge is 0.361 e. The minimum absolute atomic E-state index is 0.871. The molecule has 3 aromatic carbocycles. The van der Waals surface area contributed by atoms with Crippen LogP contribution in [0.4, 0.5) is 0 Å². The Labute approximate surface area is 169 Å². The van der Waals surface area contributed by atoms with Crippen molar-refractivity contribution in [2.75, 3.05) is 0 Å². The lowest BCUT2D eigenvalue weighted by Crippen LogP contribution is -1.90. The molecule has 4 rings (SSSR count). The lowest BCUT2D eigenvalue weighted by atomic mass is 10.0. The molecule has 0 unspecified atom stereocenters. The molecule has 0 bridgehead atoms. The van der Waals surface area contributed by atoms with Crippen molar-refractivity contribution in [1.29, 1.82) is 0 Å². The van der Waals surface area contributed by atoms with Gasteiger partial charge in [0.15, 0.2) is 0 Å². The summed E-state index contributed by atoms with van der Waals surface area (Å²) in [5.74, 6) is 1.74. The van der Waals surface area contributed by atoms with Crippen LogP contribution < -0.4 is 0 Å². The Morgan fingerprint density at radius 1 is 0.586 bits per heavy atom. The van der Waals surface area contributed by atoms with Gasteiger partial charge >= 0.3 is 11.5 Å². The van der Waals surface area contributed by atoms with Gasteiger partial charge < -0.3 is 4.55 Å². The van der Waals surface area contributed by atoms with Crippen molar-refractivity contribution in [3.8, 4) is 33.8 Å². The van der Waals surface area contributed by atoms with Crippen molar-refractivity contribution in [3.63, 3.8) is 0 Å². The lowest BCUT2D eigenvalue weighted by molar-refractivity contribution is 0.366. The fraction of sp³-hybridized carbons (Fsp3) is 0. The average Bonchev–Trinajstić information content (AvgIpc) is 2.74. The molecule has 146 valence electrons. The van der Waals surface area contributed by atoms with Gasteiger partial charge in [-0.3, -0.25) is 4.55 Å². The first-order valence-corrected chi connectivity index (χ1v) is 10.1. The van der Waals surface area contributed by atoms with Gasteiger partial charge in [0, 0.05) is 5.56 Å². The molecular weight excluding hydrogens is 388 g/mol. The highest BCUT2D eigenvalue weighted by atomic mass is 32.3. The lowest BCUT2D eigenvalue weighted by Gasteiger charge is -2.02. The van der Waals surface area contributed by atoms with Crippen LogP contribution in [0.15, 0.2) is 108 Å². The van der Waals surface area contributed by atoms with E-state index < -0.39 is 10.4 Å². The van der Waals surface area contributed by atoms with Gasteiger partial charge in [0.1, 0.15) is 0 Å². The summed E-state index contributed by atoms with van der Waals surface area (Å²) in [6, 6.07) is 35.1. The molecule has 0 radical (unpaired) electrons. The van der Waals surface area contributed by atoms with E-state index in [2.05, 4.69) is 60.7 Å². The zero-order valence-corrected chi connectivity index (χ0v) is 16.1. The molecule has 6 heteroatoms. The molecular formula is C23H18O5S. The van der Waals surface area contributed by atoms with Crippen molar-refractivity contribution in [3.05, 3.63) is 103 Å². The molecule has 0 saturated carbocycles. The van der Waals surface area contributed by atoms with Gasteiger partial charge in [0.05, 0.1) is 23.3 Å². The second-order valence-electron chi connectivity index (χ2n) is 6.10. The monoisotopic (exact) mass is 406 g/mol. The first kappa shape index (κ1) is 20.4. The van der Waals surface area contributed by atoms with Gasteiger partial charge in [-0.2, -0.15) is 0 Å². The van der Waals surface area contributed by atoms with Gasteiger partial charge in [-0.15, -0.1) is 0 Å². The molecule has 1 N–H and O–H groups in total. The highest BCUT2D eigenvalue weighted by Crippen LogP contribution is 2.32. The van der Waals surface area contributed by atoms with E-state index in [-0.39, 0.29) is 0 Å². The minimum Gasteiger partial charge on any atom is -0.726 e. The zero-order valence-electron chi connectivity index (χ0n) is 15.3. The molecule has 0 aliphatic rings. The topological polar surface area (TPSA) is 88.7 Å². The van der Waals surface area contributed by atoms with Crippen LogP contribution in [0, 0.1) is 0 Å². The van der Waals surface area contributed by atoms with Gasteiger partial charge in [0.25, 0.3) is 0 Å². The Morgan fingerprint density at radius 3 is 1.24 bits per heavy atom. The van der Waals surface area contributed by atoms with Crippen molar-refractivity contribution in [1.82, 2.24) is 0 Å². The van der Waals surface area contributed by atoms with Crippen molar-refractivity contribution in [2.45, 2.75) is 0 Å². The zero-order chi connectivity index (χ0) is 20.7. The van der Waals surface area contributed by atoms with Crippen LogP contribution >= 0.6 is 0 Å². The Bertz CT molecular complexity index is 1010. The number of rotatable bonds is 3. The van der Waals surface area contributed by atoms with E-state index in [1.54, 1.807) is 0 Å². The van der Waals surface area contributed by atoms with Gasteiger partial charge in [0.2, 0.25) is 10.4 Å². The molecule has 0 saturated heterocycles. The van der Waals surface area contributed by atoms with E-state index >= 15 is 0 Å². The molecule has 1 aromatic heterocycles. The van der Waals surface area contributed by atoms with Crippen LogP contribution in [0.3, 0.4) is 0 Å². The summed E-state index contributed by atoms with van der Waals surface area (Å²) in [6.45, 7) is 0. The predicted molar refractivity (Wildman–Crippen MR) is 112 cm³/mol. The second-order valence-corrected chi connectivity index (χ2v) is 6.96. The van der Waals surface area contributed by atoms with Crippen LogP contribution in [0.1, 0.15) is 0 Å². The summed E-state index contributed by atoms with van der Waals surface area (Å²) >= 11 is 0. The number of hydrogen-bond acceptors (Lipinski definition) is 3. The third-order valence-corrected chi connectivity index (χ3v) is 4.02. The first-order chi connectivity index (χ1) is 13.9. The highest BCUT2D eigenvalue weighted by Gasteiger charge is 2.20. The summed E-state index contributed by atoms with van der Waals surface area (Å²) in [5.41, 5.74) is 4.49. The maximum atomic E-state index is 8.63. The van der Waals surface area contributed by atoms with Crippen LogP contribution in [0.5, 0.6) is 0 Å². The SMILES string of the molecule is O=S(=O)([O-])O.c1ccc(-c2cc(-c3ccccc3)[o+]c(-c3ccccc3)c2)cc1. The summed E-state index contributed by atoms with van der Waals surface area (Å²) in [4.78, 5) is 0. The minimum atomic E-state index is -4.92. The Hall–Kier alpha value is -3.32. The van der Waals surface area contributed by atoms with Crippen LogP contribution in [0.25, 0.3) is 33.8 Å². The van der Waals surface area contributed by atoms with E-state index in [0.717, 1.165) is 28.2 Å². The van der Waals surface area contributed by atoms with E-state index in [4.69, 9.17) is 21.9 Å². The van der Waals surface area contributed by atoms with E-state index in [1.165, 1.54) is 5.56 Å². The third-order valence-electron chi connectivity index (χ3n) is 4.02. The highest BCUT2D eigenvalue weighted by molar-refractivity contribution is 7.79. The molecule has 0 aliphatic carbocycles. The average molecular weight is 406 g/mol. The fourth-order valence-electron chi connectivity index (χ4n) is 2.79. The molecule has 0 aliphatic heterocycles. The third kappa shape index (κ3) is 6.36.